The standard InChI is InChI=1S/C17H23BrN2Si/c1-12(2)21(13(3)4,17-19-9-6-10-20-17)16-8-7-14(5)11-15(16)18/h6-13H,1-5H3. The van der Waals surface area contributed by atoms with Crippen molar-refractivity contribution >= 4 is 34.6 Å². The third-order valence-electron chi connectivity index (χ3n) is 4.33. The van der Waals surface area contributed by atoms with Crippen LogP contribution in [0.5, 0.6) is 0 Å². The Morgan fingerprint density at radius 1 is 1.00 bits per heavy atom. The van der Waals surface area contributed by atoms with Gasteiger partial charge in [0.2, 0.25) is 0 Å². The fourth-order valence-corrected chi connectivity index (χ4v) is 10.1. The van der Waals surface area contributed by atoms with Crippen LogP contribution < -0.4 is 10.6 Å². The summed E-state index contributed by atoms with van der Waals surface area (Å²) in [6.45, 7) is 11.4. The molecular weight excluding hydrogens is 340 g/mol. The molecule has 0 unspecified atom stereocenters. The predicted molar refractivity (Wildman–Crippen MR) is 96.1 cm³/mol. The van der Waals surface area contributed by atoms with Gasteiger partial charge in [-0.15, -0.1) is 0 Å². The molecule has 0 spiro atoms. The molecule has 21 heavy (non-hydrogen) atoms. The molecule has 0 aliphatic heterocycles. The Bertz CT molecular complexity index is 603. The van der Waals surface area contributed by atoms with E-state index in [-0.39, 0.29) is 0 Å². The molecule has 2 nitrogen and oxygen atoms in total. The minimum Gasteiger partial charge on any atom is -0.246 e. The lowest BCUT2D eigenvalue weighted by molar-refractivity contribution is 0.915. The van der Waals surface area contributed by atoms with Gasteiger partial charge in [-0.25, -0.2) is 9.97 Å². The van der Waals surface area contributed by atoms with E-state index in [4.69, 9.17) is 0 Å². The van der Waals surface area contributed by atoms with Crippen molar-refractivity contribution in [3.05, 3.63) is 46.7 Å². The van der Waals surface area contributed by atoms with Gasteiger partial charge in [-0.3, -0.25) is 0 Å². The molecule has 1 heterocycles. The van der Waals surface area contributed by atoms with Crippen molar-refractivity contribution < 1.29 is 0 Å². The van der Waals surface area contributed by atoms with E-state index in [2.05, 4.69) is 78.7 Å². The number of hydrogen-bond donors (Lipinski definition) is 0. The Balaban J connectivity index is 2.77. The highest BCUT2D eigenvalue weighted by atomic mass is 79.9. The van der Waals surface area contributed by atoms with Crippen LogP contribution in [-0.4, -0.2) is 18.0 Å². The van der Waals surface area contributed by atoms with Gasteiger partial charge in [0.05, 0.1) is 0 Å². The first-order valence-electron chi connectivity index (χ1n) is 7.44. The van der Waals surface area contributed by atoms with Gasteiger partial charge in [0, 0.05) is 16.9 Å². The molecule has 0 N–H and O–H groups in total. The van der Waals surface area contributed by atoms with Gasteiger partial charge >= 0.3 is 0 Å². The molecule has 4 heteroatoms. The molecule has 1 aromatic heterocycles. The maximum atomic E-state index is 4.66. The molecule has 0 radical (unpaired) electrons. The zero-order valence-electron chi connectivity index (χ0n) is 13.4. The maximum absolute atomic E-state index is 4.66. The van der Waals surface area contributed by atoms with E-state index in [1.807, 2.05) is 18.5 Å². The average molecular weight is 363 g/mol. The summed E-state index contributed by atoms with van der Waals surface area (Å²) in [6, 6.07) is 8.59. The Kier molecular flexibility index (Phi) is 4.99. The Morgan fingerprint density at radius 2 is 1.57 bits per heavy atom. The van der Waals surface area contributed by atoms with Crippen LogP contribution in [0.1, 0.15) is 33.3 Å². The largest absolute Gasteiger partial charge is 0.246 e. The van der Waals surface area contributed by atoms with Gasteiger partial charge in [-0.05, 0) is 35.3 Å². The second-order valence-corrected chi connectivity index (χ2v) is 12.1. The molecule has 0 atom stereocenters. The molecule has 0 saturated carbocycles. The first-order valence-corrected chi connectivity index (χ1v) is 10.4. The smallest absolute Gasteiger partial charge is 0.171 e. The second-order valence-electron chi connectivity index (χ2n) is 6.23. The topological polar surface area (TPSA) is 25.8 Å². The quantitative estimate of drug-likeness (QED) is 0.770. The number of rotatable bonds is 4. The molecule has 0 saturated heterocycles. The van der Waals surface area contributed by atoms with E-state index < -0.39 is 8.07 Å². The lowest BCUT2D eigenvalue weighted by Gasteiger charge is -2.38. The van der Waals surface area contributed by atoms with Crippen molar-refractivity contribution in [2.24, 2.45) is 0 Å². The second kappa shape index (κ2) is 6.40. The van der Waals surface area contributed by atoms with E-state index in [1.54, 1.807) is 0 Å². The van der Waals surface area contributed by atoms with Crippen LogP contribution in [0.25, 0.3) is 0 Å². The summed E-state index contributed by atoms with van der Waals surface area (Å²) >= 11 is 3.80. The highest BCUT2D eigenvalue weighted by Gasteiger charge is 2.47. The summed E-state index contributed by atoms with van der Waals surface area (Å²) in [5.74, 6) is 0. The summed E-state index contributed by atoms with van der Waals surface area (Å²) in [6.07, 6.45) is 3.74. The number of aromatic nitrogens is 2. The van der Waals surface area contributed by atoms with E-state index >= 15 is 0 Å². The third kappa shape index (κ3) is 2.84. The molecule has 0 amide bonds. The van der Waals surface area contributed by atoms with Crippen molar-refractivity contribution in [2.45, 2.75) is 45.7 Å². The van der Waals surface area contributed by atoms with E-state index in [0.29, 0.717) is 11.1 Å². The summed E-state index contributed by atoms with van der Waals surface area (Å²) in [5.41, 5.74) is 3.37. The van der Waals surface area contributed by atoms with Crippen molar-refractivity contribution in [1.29, 1.82) is 0 Å². The maximum Gasteiger partial charge on any atom is 0.171 e. The van der Waals surface area contributed by atoms with Crippen LogP contribution in [0.4, 0.5) is 0 Å². The first kappa shape index (κ1) is 16.4. The first-order chi connectivity index (χ1) is 9.90. The van der Waals surface area contributed by atoms with Crippen LogP contribution in [-0.2, 0) is 0 Å². The molecule has 2 rings (SSSR count). The Hall–Kier alpha value is -1.00. The zero-order valence-corrected chi connectivity index (χ0v) is 16.0. The number of nitrogens with zero attached hydrogens (tertiary/aromatic N) is 2. The molecule has 0 fully saturated rings. The van der Waals surface area contributed by atoms with Crippen LogP contribution in [0.3, 0.4) is 0 Å². The zero-order chi connectivity index (χ0) is 15.6. The molecule has 112 valence electrons. The fraction of sp³-hybridized carbons (Fsp3) is 0.412. The normalized spacial score (nSPS) is 12.2. The number of halogens is 1. The monoisotopic (exact) mass is 362 g/mol. The highest BCUT2D eigenvalue weighted by molar-refractivity contribution is 9.10. The van der Waals surface area contributed by atoms with Crippen LogP contribution in [0.2, 0.25) is 11.1 Å². The summed E-state index contributed by atoms with van der Waals surface area (Å²) in [7, 11) is -2.04. The van der Waals surface area contributed by atoms with Crippen molar-refractivity contribution in [3.8, 4) is 0 Å². The van der Waals surface area contributed by atoms with Gasteiger partial charge < -0.3 is 0 Å². The highest BCUT2D eigenvalue weighted by Crippen LogP contribution is 2.33. The number of hydrogen-bond acceptors (Lipinski definition) is 2. The predicted octanol–water partition coefficient (Wildman–Crippen LogP) is 3.93. The molecule has 1 aromatic carbocycles. The number of benzene rings is 1. The van der Waals surface area contributed by atoms with Gasteiger partial charge in [-0.1, -0.05) is 61.3 Å². The van der Waals surface area contributed by atoms with Gasteiger partial charge in [0.1, 0.15) is 5.45 Å². The van der Waals surface area contributed by atoms with Crippen LogP contribution in [0.15, 0.2) is 41.1 Å². The van der Waals surface area contributed by atoms with Crippen LogP contribution >= 0.6 is 15.9 Å². The van der Waals surface area contributed by atoms with E-state index in [9.17, 15) is 0 Å². The van der Waals surface area contributed by atoms with Crippen molar-refractivity contribution in [3.63, 3.8) is 0 Å². The summed E-state index contributed by atoms with van der Waals surface area (Å²) in [4.78, 5) is 9.33. The molecule has 0 aliphatic rings. The minimum absolute atomic E-state index is 0.527. The lowest BCUT2D eigenvalue weighted by Crippen LogP contribution is -2.65. The molecular formula is C17H23BrN2Si. The van der Waals surface area contributed by atoms with Gasteiger partial charge in [0.25, 0.3) is 0 Å². The fourth-order valence-electron chi connectivity index (χ4n) is 3.39. The van der Waals surface area contributed by atoms with Gasteiger partial charge in [0.15, 0.2) is 8.07 Å². The third-order valence-corrected chi connectivity index (χ3v) is 11.3. The average Bonchev–Trinajstić information content (AvgIpc) is 2.42. The lowest BCUT2D eigenvalue weighted by atomic mass is 10.2. The van der Waals surface area contributed by atoms with Gasteiger partial charge in [-0.2, -0.15) is 0 Å². The molecule has 0 aliphatic carbocycles. The number of aryl methyl sites for hydroxylation is 1. The summed E-state index contributed by atoms with van der Waals surface area (Å²) in [5, 5.41) is 1.41. The Morgan fingerprint density at radius 3 is 2.05 bits per heavy atom. The van der Waals surface area contributed by atoms with Crippen molar-refractivity contribution in [2.75, 3.05) is 0 Å². The Labute approximate surface area is 137 Å². The van der Waals surface area contributed by atoms with Crippen molar-refractivity contribution in [1.82, 2.24) is 9.97 Å². The van der Waals surface area contributed by atoms with E-state index in [0.717, 1.165) is 5.45 Å². The minimum atomic E-state index is -2.04. The van der Waals surface area contributed by atoms with E-state index in [1.165, 1.54) is 15.2 Å². The molecule has 0 bridgehead atoms. The summed E-state index contributed by atoms with van der Waals surface area (Å²) < 4.78 is 1.20. The SMILES string of the molecule is Cc1ccc([Si](c2ncccn2)(C(C)C)C(C)C)c(Br)c1. The van der Waals surface area contributed by atoms with Crippen LogP contribution in [0, 0.1) is 6.92 Å². The molecule has 2 aromatic rings.